The van der Waals surface area contributed by atoms with Crippen molar-refractivity contribution in [1.82, 2.24) is 0 Å². The van der Waals surface area contributed by atoms with Crippen molar-refractivity contribution in [1.29, 1.82) is 0 Å². The molecule has 0 radical (unpaired) electrons. The van der Waals surface area contributed by atoms with Crippen LogP contribution in [0.3, 0.4) is 0 Å². The number of hydrogen-bond donors (Lipinski definition) is 1. The second kappa shape index (κ2) is 5.99. The van der Waals surface area contributed by atoms with E-state index in [1.165, 1.54) is 45.4 Å². The van der Waals surface area contributed by atoms with Gasteiger partial charge in [0.15, 0.2) is 0 Å². The average Bonchev–Trinajstić information content (AvgIpc) is 2.91. The number of ether oxygens (including phenoxy) is 1. The molecule has 140 valence electrons. The molecule has 4 heteroatoms. The molecule has 0 spiro atoms. The third-order valence-corrected chi connectivity index (χ3v) is 8.81. The van der Waals surface area contributed by atoms with Crippen LogP contribution in [0.4, 0.5) is 0 Å². The van der Waals surface area contributed by atoms with Gasteiger partial charge in [-0.1, -0.05) is 19.0 Å². The van der Waals surface area contributed by atoms with Crippen molar-refractivity contribution < 1.29 is 14.7 Å². The maximum atomic E-state index is 11.3. The summed E-state index contributed by atoms with van der Waals surface area (Å²) < 4.78 is 5.55. The Bertz CT molecular complexity index is 588. The van der Waals surface area contributed by atoms with E-state index in [2.05, 4.69) is 19.0 Å². The van der Waals surface area contributed by atoms with Crippen LogP contribution in [-0.2, 0) is 9.53 Å². The zero-order valence-electron chi connectivity index (χ0n) is 16.0. The minimum atomic E-state index is -0.127. The van der Waals surface area contributed by atoms with Crippen LogP contribution in [0.5, 0.6) is 0 Å². The molecule has 0 unspecified atom stereocenters. The summed E-state index contributed by atoms with van der Waals surface area (Å²) in [6, 6.07) is 0. The van der Waals surface area contributed by atoms with Gasteiger partial charge in [0.05, 0.1) is 5.71 Å². The fourth-order valence-electron chi connectivity index (χ4n) is 7.51. The normalized spacial score (nSPS) is 50.7. The van der Waals surface area contributed by atoms with Gasteiger partial charge in [-0.2, -0.15) is 0 Å². The summed E-state index contributed by atoms with van der Waals surface area (Å²) in [5, 5.41) is 13.1. The minimum Gasteiger partial charge on any atom is -0.463 e. The number of oxime groups is 1. The first-order valence-corrected chi connectivity index (χ1v) is 10.3. The summed E-state index contributed by atoms with van der Waals surface area (Å²) >= 11 is 0. The Morgan fingerprint density at radius 3 is 2.64 bits per heavy atom. The minimum absolute atomic E-state index is 0.127. The predicted molar refractivity (Wildman–Crippen MR) is 96.5 cm³/mol. The third-order valence-electron chi connectivity index (χ3n) is 8.81. The van der Waals surface area contributed by atoms with Crippen LogP contribution in [0, 0.1) is 34.5 Å². The Hall–Kier alpha value is -1.06. The Morgan fingerprint density at radius 2 is 1.92 bits per heavy atom. The standard InChI is InChI=1S/C21H33NO3/c1-13(23)25-15-8-10-20(2)14(12-15)4-5-16-17-6-7-19(22-24)21(17,3)11-9-18(16)20/h14-18,24H,4-12H2,1-3H3/b22-19+/t14-,15+,16-,17+,18+,20-,21-/m0/s1. The molecule has 7 atom stereocenters. The Kier molecular flexibility index (Phi) is 4.16. The molecule has 0 aromatic heterocycles. The molecule has 4 aliphatic carbocycles. The van der Waals surface area contributed by atoms with Crippen LogP contribution in [-0.4, -0.2) is 23.0 Å². The monoisotopic (exact) mass is 347 g/mol. The molecular weight excluding hydrogens is 314 g/mol. The second-order valence-corrected chi connectivity index (χ2v) is 9.70. The molecule has 0 aromatic carbocycles. The summed E-state index contributed by atoms with van der Waals surface area (Å²) in [6.45, 7) is 6.41. The second-order valence-electron chi connectivity index (χ2n) is 9.70. The highest BCUT2D eigenvalue weighted by atomic mass is 16.5. The number of carbonyl (C=O) groups excluding carboxylic acids is 1. The lowest BCUT2D eigenvalue weighted by atomic mass is 9.45. The van der Waals surface area contributed by atoms with E-state index in [1.807, 2.05) is 0 Å². The van der Waals surface area contributed by atoms with Crippen LogP contribution < -0.4 is 0 Å². The molecule has 0 bridgehead atoms. The van der Waals surface area contributed by atoms with E-state index in [4.69, 9.17) is 4.74 Å². The molecule has 0 saturated heterocycles. The molecule has 0 amide bonds. The van der Waals surface area contributed by atoms with E-state index in [1.54, 1.807) is 0 Å². The van der Waals surface area contributed by atoms with E-state index in [9.17, 15) is 10.0 Å². The number of fused-ring (bicyclic) bond motifs is 5. The van der Waals surface area contributed by atoms with Crippen molar-refractivity contribution in [2.75, 3.05) is 0 Å². The highest BCUT2D eigenvalue weighted by molar-refractivity contribution is 5.91. The van der Waals surface area contributed by atoms with E-state index in [0.29, 0.717) is 17.3 Å². The smallest absolute Gasteiger partial charge is 0.302 e. The molecule has 1 N–H and O–H groups in total. The zero-order chi connectivity index (χ0) is 17.8. The van der Waals surface area contributed by atoms with Gasteiger partial charge in [-0.05, 0) is 86.9 Å². The largest absolute Gasteiger partial charge is 0.463 e. The van der Waals surface area contributed by atoms with Crippen LogP contribution in [0.2, 0.25) is 0 Å². The average molecular weight is 347 g/mol. The number of hydrogen-bond acceptors (Lipinski definition) is 4. The molecular formula is C21H33NO3. The molecule has 4 rings (SSSR count). The van der Waals surface area contributed by atoms with Crippen molar-refractivity contribution >= 4 is 11.7 Å². The van der Waals surface area contributed by atoms with Gasteiger partial charge in [0.25, 0.3) is 0 Å². The summed E-state index contributed by atoms with van der Waals surface area (Å²) in [5.41, 5.74) is 1.59. The highest BCUT2D eigenvalue weighted by Crippen LogP contribution is 2.65. The maximum Gasteiger partial charge on any atom is 0.302 e. The van der Waals surface area contributed by atoms with Crippen molar-refractivity contribution in [3.05, 3.63) is 0 Å². The van der Waals surface area contributed by atoms with Gasteiger partial charge >= 0.3 is 5.97 Å². The maximum absolute atomic E-state index is 11.3. The Balaban J connectivity index is 1.55. The van der Waals surface area contributed by atoms with E-state index >= 15 is 0 Å². The van der Waals surface area contributed by atoms with Crippen molar-refractivity contribution in [2.45, 2.75) is 84.7 Å². The van der Waals surface area contributed by atoms with Crippen molar-refractivity contribution in [3.63, 3.8) is 0 Å². The van der Waals surface area contributed by atoms with Gasteiger partial charge in [-0.25, -0.2) is 0 Å². The molecule has 0 aliphatic heterocycles. The number of esters is 1. The number of rotatable bonds is 1. The van der Waals surface area contributed by atoms with E-state index in [-0.39, 0.29) is 17.5 Å². The first kappa shape index (κ1) is 17.4. The molecule has 4 nitrogen and oxygen atoms in total. The zero-order valence-corrected chi connectivity index (χ0v) is 16.0. The van der Waals surface area contributed by atoms with Crippen LogP contribution in [0.25, 0.3) is 0 Å². The van der Waals surface area contributed by atoms with Crippen LogP contribution in [0.1, 0.15) is 78.6 Å². The molecule has 0 heterocycles. The SMILES string of the molecule is CC(=O)O[C@@H]1CC[C@@]2(C)[C@@H](CC[C@@H]3[C@H]2CC[C@]2(C)/C(=N/O)CC[C@H]32)C1. The lowest BCUT2D eigenvalue weighted by Gasteiger charge is -2.60. The number of nitrogens with zero attached hydrogens (tertiary/aromatic N) is 1. The fraction of sp³-hybridized carbons (Fsp3) is 0.905. The van der Waals surface area contributed by atoms with Gasteiger partial charge in [0.2, 0.25) is 0 Å². The lowest BCUT2D eigenvalue weighted by Crippen LogP contribution is -2.54. The van der Waals surface area contributed by atoms with Gasteiger partial charge in [0, 0.05) is 12.3 Å². The van der Waals surface area contributed by atoms with E-state index in [0.717, 1.165) is 36.8 Å². The first-order chi connectivity index (χ1) is 11.9. The Morgan fingerprint density at radius 1 is 1.12 bits per heavy atom. The predicted octanol–water partition coefficient (Wildman–Crippen LogP) is 4.79. The van der Waals surface area contributed by atoms with Crippen molar-refractivity contribution in [3.8, 4) is 0 Å². The highest BCUT2D eigenvalue weighted by Gasteiger charge is 2.59. The van der Waals surface area contributed by atoms with Gasteiger partial charge < -0.3 is 9.94 Å². The summed E-state index contributed by atoms with van der Waals surface area (Å²) in [6.07, 6.45) is 10.6. The molecule has 4 saturated carbocycles. The molecule has 0 aromatic rings. The van der Waals surface area contributed by atoms with Crippen LogP contribution in [0.15, 0.2) is 5.16 Å². The summed E-state index contributed by atoms with van der Waals surface area (Å²) in [5.74, 6) is 2.84. The Labute approximate surface area is 151 Å². The van der Waals surface area contributed by atoms with Gasteiger partial charge in [-0.3, -0.25) is 4.79 Å². The van der Waals surface area contributed by atoms with Gasteiger partial charge in [0.1, 0.15) is 6.10 Å². The van der Waals surface area contributed by atoms with Crippen LogP contribution >= 0.6 is 0 Å². The first-order valence-electron chi connectivity index (χ1n) is 10.3. The summed E-state index contributed by atoms with van der Waals surface area (Å²) in [4.78, 5) is 11.3. The fourth-order valence-corrected chi connectivity index (χ4v) is 7.51. The third kappa shape index (κ3) is 2.54. The van der Waals surface area contributed by atoms with E-state index < -0.39 is 0 Å². The molecule has 4 aliphatic rings. The molecule has 25 heavy (non-hydrogen) atoms. The number of carbonyl (C=O) groups is 1. The lowest BCUT2D eigenvalue weighted by molar-refractivity contribution is -0.158. The van der Waals surface area contributed by atoms with Gasteiger partial charge in [-0.15, -0.1) is 0 Å². The van der Waals surface area contributed by atoms with Crippen molar-refractivity contribution in [2.24, 2.45) is 39.7 Å². The summed E-state index contributed by atoms with van der Waals surface area (Å²) in [7, 11) is 0. The quantitative estimate of drug-likeness (QED) is 0.421. The topological polar surface area (TPSA) is 58.9 Å². The molecule has 4 fully saturated rings.